The van der Waals surface area contributed by atoms with Gasteiger partial charge in [-0.3, -0.25) is 9.59 Å². The lowest BCUT2D eigenvalue weighted by Crippen LogP contribution is -2.33. The van der Waals surface area contributed by atoms with Gasteiger partial charge in [0, 0.05) is 27.8 Å². The van der Waals surface area contributed by atoms with Gasteiger partial charge in [-0.15, -0.1) is 10.2 Å². The molecule has 0 aliphatic rings. The zero-order valence-electron chi connectivity index (χ0n) is 19.8. The van der Waals surface area contributed by atoms with E-state index in [9.17, 15) is 9.59 Å². The predicted octanol–water partition coefficient (Wildman–Crippen LogP) is 5.47. The number of carbonyl (C=O) groups excluding carboxylic acids is 2. The van der Waals surface area contributed by atoms with Gasteiger partial charge in [0.2, 0.25) is 5.91 Å². The maximum Gasteiger partial charge on any atom is 0.251 e. The van der Waals surface area contributed by atoms with Crippen LogP contribution in [0.15, 0.2) is 47.6 Å². The highest BCUT2D eigenvalue weighted by Crippen LogP contribution is 2.27. The molecule has 0 aliphatic carbocycles. The second-order valence-corrected chi connectivity index (χ2v) is 9.82. The molecule has 2 aromatic carbocycles. The van der Waals surface area contributed by atoms with Crippen LogP contribution in [0.25, 0.3) is 0 Å². The van der Waals surface area contributed by atoms with Crippen molar-refractivity contribution in [3.63, 3.8) is 0 Å². The van der Waals surface area contributed by atoms with E-state index in [1.54, 1.807) is 49.6 Å². The van der Waals surface area contributed by atoms with Crippen LogP contribution in [0.5, 0.6) is 5.75 Å². The van der Waals surface area contributed by atoms with E-state index >= 15 is 0 Å². The molecule has 186 valence electrons. The van der Waals surface area contributed by atoms with E-state index in [1.807, 2.05) is 25.3 Å². The Kier molecular flexibility index (Phi) is 9.42. The molecule has 0 bridgehead atoms. The van der Waals surface area contributed by atoms with Crippen molar-refractivity contribution in [2.45, 2.75) is 38.5 Å². The molecule has 35 heavy (non-hydrogen) atoms. The van der Waals surface area contributed by atoms with Crippen LogP contribution in [0.1, 0.15) is 43.0 Å². The molecule has 2 N–H and O–H groups in total. The molecule has 3 aromatic rings. The quantitative estimate of drug-likeness (QED) is 0.334. The number of nitrogens with zero attached hydrogens (tertiary/aromatic N) is 3. The van der Waals surface area contributed by atoms with E-state index in [4.69, 9.17) is 27.9 Å². The molecule has 1 heterocycles. The highest BCUT2D eigenvalue weighted by Gasteiger charge is 2.26. The number of hydrogen-bond donors (Lipinski definition) is 2. The largest absolute Gasteiger partial charge is 0.497 e. The van der Waals surface area contributed by atoms with Gasteiger partial charge in [0.05, 0.1) is 18.9 Å². The number of aromatic nitrogens is 3. The van der Waals surface area contributed by atoms with Gasteiger partial charge in [0.25, 0.3) is 5.91 Å². The zero-order chi connectivity index (χ0) is 25.5. The number of carbonyl (C=O) groups is 2. The number of nitrogens with one attached hydrogen (secondary N) is 2. The number of anilines is 1. The average Bonchev–Trinajstić information content (AvgIpc) is 3.22. The Hall–Kier alpha value is -2.75. The fourth-order valence-electron chi connectivity index (χ4n) is 3.38. The topological polar surface area (TPSA) is 98.1 Å². The van der Waals surface area contributed by atoms with E-state index in [-0.39, 0.29) is 29.5 Å². The lowest BCUT2D eigenvalue weighted by Gasteiger charge is -2.22. The molecule has 0 spiro atoms. The smallest absolute Gasteiger partial charge is 0.251 e. The minimum Gasteiger partial charge on any atom is -0.497 e. The molecule has 0 aliphatic heterocycles. The number of ether oxygens (including phenoxy) is 1. The molecule has 3 rings (SSSR count). The second-order valence-electron chi connectivity index (χ2n) is 8.00. The molecule has 0 saturated carbocycles. The number of hydrogen-bond acceptors (Lipinski definition) is 6. The highest BCUT2D eigenvalue weighted by atomic mass is 35.5. The van der Waals surface area contributed by atoms with Gasteiger partial charge < -0.3 is 19.9 Å². The number of rotatable bonds is 10. The maximum absolute atomic E-state index is 12.9. The molecule has 1 atom stereocenters. The van der Waals surface area contributed by atoms with Crippen molar-refractivity contribution in [2.75, 3.05) is 18.2 Å². The van der Waals surface area contributed by atoms with Crippen molar-refractivity contribution in [3.8, 4) is 5.75 Å². The standard InChI is InChI=1S/C24H27Cl2N5O3S/c1-5-31-22(21(14(2)3)28-23(33)15-6-8-19(34-4)9-7-15)29-30-24(31)35-13-20(32)27-18-11-16(25)10-17(26)12-18/h6-12,14,21H,5,13H2,1-4H3,(H,27,32)(H,28,33). The Balaban J connectivity index is 1.70. The molecular formula is C24H27Cl2N5O3S. The first kappa shape index (κ1) is 26.8. The maximum atomic E-state index is 12.9. The third-order valence-corrected chi connectivity index (χ3v) is 6.53. The van der Waals surface area contributed by atoms with E-state index in [0.29, 0.717) is 44.6 Å². The molecule has 2 amide bonds. The minimum absolute atomic E-state index is 0.0559. The number of benzene rings is 2. The van der Waals surface area contributed by atoms with Gasteiger partial charge in [0.15, 0.2) is 11.0 Å². The number of thioether (sulfide) groups is 1. The average molecular weight is 536 g/mol. The summed E-state index contributed by atoms with van der Waals surface area (Å²) in [5, 5.41) is 16.0. The van der Waals surface area contributed by atoms with Crippen LogP contribution in [-0.2, 0) is 11.3 Å². The summed E-state index contributed by atoms with van der Waals surface area (Å²) in [5.74, 6) is 1.04. The van der Waals surface area contributed by atoms with Gasteiger partial charge >= 0.3 is 0 Å². The molecule has 0 fully saturated rings. The summed E-state index contributed by atoms with van der Waals surface area (Å²) >= 11 is 13.3. The fourth-order valence-corrected chi connectivity index (χ4v) is 4.72. The molecule has 0 saturated heterocycles. The Morgan fingerprint density at radius 3 is 2.31 bits per heavy atom. The van der Waals surface area contributed by atoms with Crippen molar-refractivity contribution >= 4 is 52.5 Å². The monoisotopic (exact) mass is 535 g/mol. The van der Waals surface area contributed by atoms with Gasteiger partial charge in [-0.05, 0) is 55.3 Å². The predicted molar refractivity (Wildman–Crippen MR) is 140 cm³/mol. The Labute approximate surface area is 218 Å². The summed E-state index contributed by atoms with van der Waals surface area (Å²) in [4.78, 5) is 25.4. The van der Waals surface area contributed by atoms with E-state index in [1.165, 1.54) is 11.8 Å². The van der Waals surface area contributed by atoms with Gasteiger partial charge in [0.1, 0.15) is 5.75 Å². The van der Waals surface area contributed by atoms with Crippen LogP contribution in [0, 0.1) is 5.92 Å². The molecule has 1 aromatic heterocycles. The normalized spacial score (nSPS) is 11.9. The van der Waals surface area contributed by atoms with Crippen LogP contribution < -0.4 is 15.4 Å². The van der Waals surface area contributed by atoms with Gasteiger partial charge in [-0.1, -0.05) is 48.8 Å². The summed E-state index contributed by atoms with van der Waals surface area (Å²) in [6.45, 7) is 6.56. The van der Waals surface area contributed by atoms with Crippen molar-refractivity contribution in [3.05, 3.63) is 63.9 Å². The summed E-state index contributed by atoms with van der Waals surface area (Å²) in [6.07, 6.45) is 0. The van der Waals surface area contributed by atoms with Crippen LogP contribution in [0.2, 0.25) is 10.0 Å². The van der Waals surface area contributed by atoms with Crippen LogP contribution in [0.3, 0.4) is 0 Å². The second kappa shape index (κ2) is 12.3. The molecule has 8 nitrogen and oxygen atoms in total. The lowest BCUT2D eigenvalue weighted by molar-refractivity contribution is -0.113. The summed E-state index contributed by atoms with van der Waals surface area (Å²) in [5.41, 5.74) is 1.04. The molecule has 11 heteroatoms. The SMILES string of the molecule is CCn1c(SCC(=O)Nc2cc(Cl)cc(Cl)c2)nnc1C(NC(=O)c1ccc(OC)cc1)C(C)C. The summed E-state index contributed by atoms with van der Waals surface area (Å²) in [6, 6.07) is 11.4. The van der Waals surface area contributed by atoms with Gasteiger partial charge in [-0.25, -0.2) is 0 Å². The third-order valence-electron chi connectivity index (χ3n) is 5.12. The van der Waals surface area contributed by atoms with Crippen molar-refractivity contribution in [2.24, 2.45) is 5.92 Å². The summed E-state index contributed by atoms with van der Waals surface area (Å²) < 4.78 is 7.07. The van der Waals surface area contributed by atoms with Gasteiger partial charge in [-0.2, -0.15) is 0 Å². The number of halogens is 2. The van der Waals surface area contributed by atoms with Crippen LogP contribution in [0.4, 0.5) is 5.69 Å². The van der Waals surface area contributed by atoms with Crippen LogP contribution in [-0.4, -0.2) is 39.4 Å². The van der Waals surface area contributed by atoms with E-state index < -0.39 is 0 Å². The first-order valence-corrected chi connectivity index (χ1v) is 12.7. The molecular weight excluding hydrogens is 509 g/mol. The number of methoxy groups -OCH3 is 1. The van der Waals surface area contributed by atoms with Crippen LogP contribution >= 0.6 is 35.0 Å². The van der Waals surface area contributed by atoms with Crippen molar-refractivity contribution < 1.29 is 14.3 Å². The fraction of sp³-hybridized carbons (Fsp3) is 0.333. The first-order chi connectivity index (χ1) is 16.7. The minimum atomic E-state index is -0.367. The molecule has 1 unspecified atom stereocenters. The van der Waals surface area contributed by atoms with Crippen molar-refractivity contribution in [1.29, 1.82) is 0 Å². The number of amides is 2. The van der Waals surface area contributed by atoms with E-state index in [0.717, 1.165) is 0 Å². The summed E-state index contributed by atoms with van der Waals surface area (Å²) in [7, 11) is 1.58. The zero-order valence-corrected chi connectivity index (χ0v) is 22.2. The third kappa shape index (κ3) is 7.13. The lowest BCUT2D eigenvalue weighted by atomic mass is 10.0. The Bertz CT molecular complexity index is 1160. The molecule has 0 radical (unpaired) electrons. The Morgan fingerprint density at radius 1 is 1.09 bits per heavy atom. The van der Waals surface area contributed by atoms with E-state index in [2.05, 4.69) is 20.8 Å². The highest BCUT2D eigenvalue weighted by molar-refractivity contribution is 7.99. The Morgan fingerprint density at radius 2 is 1.74 bits per heavy atom. The first-order valence-electron chi connectivity index (χ1n) is 11.0. The van der Waals surface area contributed by atoms with Crippen molar-refractivity contribution in [1.82, 2.24) is 20.1 Å².